The second kappa shape index (κ2) is 5.72. The number of carbonyl (C=O) groups excluding carboxylic acids is 2. The minimum atomic E-state index is -0.568. The van der Waals surface area contributed by atoms with Crippen molar-refractivity contribution < 1.29 is 19.2 Å². The van der Waals surface area contributed by atoms with Crippen LogP contribution in [0.4, 0.5) is 4.79 Å². The van der Waals surface area contributed by atoms with Crippen LogP contribution in [0.2, 0.25) is 0 Å². The number of hydroxylamine groups is 1. The van der Waals surface area contributed by atoms with E-state index in [2.05, 4.69) is 10.6 Å². The standard InChI is InChI=1S/C13H20N4O4/c1-13(2,3)20-12(19)17-6-10-9(5-14-16(10)4)11(7-17)21-15-8-18/h5,8,11H,6-7H2,1-4H3,(H,15,18). The van der Waals surface area contributed by atoms with Crippen molar-refractivity contribution in [2.75, 3.05) is 6.54 Å². The van der Waals surface area contributed by atoms with Crippen molar-refractivity contribution in [2.45, 2.75) is 39.0 Å². The molecule has 2 amide bonds. The van der Waals surface area contributed by atoms with E-state index in [1.807, 2.05) is 20.8 Å². The molecule has 1 aliphatic heterocycles. The minimum absolute atomic E-state index is 0.286. The van der Waals surface area contributed by atoms with Crippen LogP contribution < -0.4 is 5.48 Å². The van der Waals surface area contributed by atoms with E-state index < -0.39 is 17.8 Å². The van der Waals surface area contributed by atoms with Gasteiger partial charge >= 0.3 is 6.09 Å². The summed E-state index contributed by atoms with van der Waals surface area (Å²) in [6.45, 7) is 6.11. The lowest BCUT2D eigenvalue weighted by Crippen LogP contribution is -2.43. The van der Waals surface area contributed by atoms with Crippen LogP contribution >= 0.6 is 0 Å². The molecule has 1 aromatic heterocycles. The molecule has 8 heteroatoms. The van der Waals surface area contributed by atoms with E-state index in [1.165, 1.54) is 4.90 Å². The van der Waals surface area contributed by atoms with Crippen LogP contribution in [0.25, 0.3) is 0 Å². The zero-order valence-electron chi connectivity index (χ0n) is 12.6. The molecule has 0 aromatic carbocycles. The third-order valence-electron chi connectivity index (χ3n) is 3.08. The van der Waals surface area contributed by atoms with Crippen LogP contribution in [0.15, 0.2) is 6.20 Å². The lowest BCUT2D eigenvalue weighted by molar-refractivity contribution is -0.127. The number of nitrogens with one attached hydrogen (secondary N) is 1. The number of hydrogen-bond acceptors (Lipinski definition) is 5. The van der Waals surface area contributed by atoms with Gasteiger partial charge in [-0.05, 0) is 20.8 Å². The van der Waals surface area contributed by atoms with E-state index in [0.717, 1.165) is 11.3 Å². The molecule has 0 aliphatic carbocycles. The van der Waals surface area contributed by atoms with Gasteiger partial charge in [-0.25, -0.2) is 10.3 Å². The molecule has 21 heavy (non-hydrogen) atoms. The molecular weight excluding hydrogens is 276 g/mol. The first-order valence-corrected chi connectivity index (χ1v) is 6.65. The van der Waals surface area contributed by atoms with Gasteiger partial charge in [0.15, 0.2) is 0 Å². The molecule has 1 N–H and O–H groups in total. The molecule has 116 valence electrons. The smallest absolute Gasteiger partial charge is 0.410 e. The maximum Gasteiger partial charge on any atom is 0.410 e. The molecule has 2 heterocycles. The van der Waals surface area contributed by atoms with Gasteiger partial charge in [0, 0.05) is 12.6 Å². The minimum Gasteiger partial charge on any atom is -0.444 e. The molecule has 2 rings (SSSR count). The molecule has 0 spiro atoms. The Labute approximate surface area is 122 Å². The van der Waals surface area contributed by atoms with Gasteiger partial charge < -0.3 is 4.74 Å². The second-order valence-electron chi connectivity index (χ2n) is 5.87. The largest absolute Gasteiger partial charge is 0.444 e. The van der Waals surface area contributed by atoms with Crippen molar-refractivity contribution in [1.29, 1.82) is 0 Å². The number of hydrogen-bond donors (Lipinski definition) is 1. The summed E-state index contributed by atoms with van der Waals surface area (Å²) in [7, 11) is 1.79. The summed E-state index contributed by atoms with van der Waals surface area (Å²) in [5, 5.41) is 4.17. The number of carbonyl (C=O) groups is 2. The Bertz CT molecular complexity index is 535. The topological polar surface area (TPSA) is 85.7 Å². The van der Waals surface area contributed by atoms with Gasteiger partial charge in [0.2, 0.25) is 6.41 Å². The van der Waals surface area contributed by atoms with Crippen LogP contribution in [0.1, 0.15) is 38.1 Å². The molecule has 0 bridgehead atoms. The fraction of sp³-hybridized carbons (Fsp3) is 0.615. The van der Waals surface area contributed by atoms with E-state index in [4.69, 9.17) is 9.57 Å². The maximum absolute atomic E-state index is 12.2. The highest BCUT2D eigenvalue weighted by molar-refractivity contribution is 5.68. The fourth-order valence-electron chi connectivity index (χ4n) is 2.16. The first-order valence-electron chi connectivity index (χ1n) is 6.65. The van der Waals surface area contributed by atoms with Gasteiger partial charge in [0.05, 0.1) is 25.0 Å². The Hall–Kier alpha value is -2.09. The van der Waals surface area contributed by atoms with E-state index in [0.29, 0.717) is 13.0 Å². The highest BCUT2D eigenvalue weighted by Crippen LogP contribution is 2.29. The highest BCUT2D eigenvalue weighted by Gasteiger charge is 2.34. The second-order valence-corrected chi connectivity index (χ2v) is 5.87. The predicted molar refractivity (Wildman–Crippen MR) is 72.9 cm³/mol. The van der Waals surface area contributed by atoms with Gasteiger partial charge in [-0.15, -0.1) is 0 Å². The number of fused-ring (bicyclic) bond motifs is 1. The molecule has 1 atom stereocenters. The molecule has 0 saturated heterocycles. The third-order valence-corrected chi connectivity index (χ3v) is 3.08. The van der Waals surface area contributed by atoms with Crippen molar-refractivity contribution in [1.82, 2.24) is 20.2 Å². The zero-order chi connectivity index (χ0) is 15.6. The molecule has 0 saturated carbocycles. The van der Waals surface area contributed by atoms with E-state index >= 15 is 0 Å². The summed E-state index contributed by atoms with van der Waals surface area (Å²) in [5.74, 6) is 0. The molecule has 1 aliphatic rings. The first kappa shape index (κ1) is 15.3. The van der Waals surface area contributed by atoms with Crippen molar-refractivity contribution in [3.63, 3.8) is 0 Å². The van der Waals surface area contributed by atoms with Crippen LogP contribution in [-0.2, 0) is 28.0 Å². The predicted octanol–water partition coefficient (Wildman–Crippen LogP) is 0.889. The summed E-state index contributed by atoms with van der Waals surface area (Å²) >= 11 is 0. The number of amides is 2. The first-order chi connectivity index (χ1) is 9.81. The summed E-state index contributed by atoms with van der Waals surface area (Å²) in [6, 6.07) is 0. The summed E-state index contributed by atoms with van der Waals surface area (Å²) in [4.78, 5) is 29.4. The zero-order valence-corrected chi connectivity index (χ0v) is 12.6. The lowest BCUT2D eigenvalue weighted by Gasteiger charge is -2.33. The van der Waals surface area contributed by atoms with Gasteiger partial charge in [-0.2, -0.15) is 5.10 Å². The number of nitrogens with zero attached hydrogens (tertiary/aromatic N) is 3. The molecule has 1 aromatic rings. The monoisotopic (exact) mass is 296 g/mol. The van der Waals surface area contributed by atoms with Crippen molar-refractivity contribution in [3.8, 4) is 0 Å². The summed E-state index contributed by atoms with van der Waals surface area (Å²) < 4.78 is 7.06. The summed E-state index contributed by atoms with van der Waals surface area (Å²) in [6.07, 6.45) is 1.23. The van der Waals surface area contributed by atoms with Crippen LogP contribution in [0, 0.1) is 0 Å². The third kappa shape index (κ3) is 3.52. The van der Waals surface area contributed by atoms with Crippen molar-refractivity contribution in [2.24, 2.45) is 7.05 Å². The van der Waals surface area contributed by atoms with Crippen LogP contribution in [0.3, 0.4) is 0 Å². The van der Waals surface area contributed by atoms with Crippen LogP contribution in [0.5, 0.6) is 0 Å². The molecule has 8 nitrogen and oxygen atoms in total. The van der Waals surface area contributed by atoms with Gasteiger partial charge in [0.1, 0.15) is 11.7 Å². The van der Waals surface area contributed by atoms with E-state index in [9.17, 15) is 9.59 Å². The Morgan fingerprint density at radius 2 is 2.24 bits per heavy atom. The lowest BCUT2D eigenvalue weighted by atomic mass is 10.1. The number of rotatable bonds is 3. The van der Waals surface area contributed by atoms with E-state index in [1.54, 1.807) is 17.9 Å². The average Bonchev–Trinajstić information content (AvgIpc) is 2.76. The van der Waals surface area contributed by atoms with Crippen molar-refractivity contribution in [3.05, 3.63) is 17.5 Å². The maximum atomic E-state index is 12.2. The molecule has 0 fully saturated rings. The van der Waals surface area contributed by atoms with Gasteiger partial charge in [-0.1, -0.05) is 0 Å². The average molecular weight is 296 g/mol. The Morgan fingerprint density at radius 3 is 2.86 bits per heavy atom. The van der Waals surface area contributed by atoms with E-state index in [-0.39, 0.29) is 6.54 Å². The van der Waals surface area contributed by atoms with Crippen molar-refractivity contribution >= 4 is 12.5 Å². The molecule has 0 radical (unpaired) electrons. The number of aromatic nitrogens is 2. The Kier molecular flexibility index (Phi) is 4.17. The normalized spacial score (nSPS) is 18.1. The molecule has 1 unspecified atom stereocenters. The highest BCUT2D eigenvalue weighted by atomic mass is 16.7. The van der Waals surface area contributed by atoms with Gasteiger partial charge in [-0.3, -0.25) is 19.2 Å². The molecular formula is C13H20N4O4. The van der Waals surface area contributed by atoms with Gasteiger partial charge in [0.25, 0.3) is 0 Å². The Morgan fingerprint density at radius 1 is 1.52 bits per heavy atom. The Balaban J connectivity index is 2.18. The fourth-order valence-corrected chi connectivity index (χ4v) is 2.16. The SMILES string of the molecule is Cn1ncc2c1CN(C(=O)OC(C)(C)C)CC2ONC=O. The van der Waals surface area contributed by atoms with Crippen LogP contribution in [-0.4, -0.2) is 39.3 Å². The number of aryl methyl sites for hydroxylation is 1. The summed E-state index contributed by atoms with van der Waals surface area (Å²) in [5.41, 5.74) is 3.32. The quantitative estimate of drug-likeness (QED) is 0.661. The number of ether oxygens (including phenoxy) is 1.